The number of carbonyl (C=O) groups is 1. The van der Waals surface area contributed by atoms with E-state index in [9.17, 15) is 4.79 Å². The lowest BCUT2D eigenvalue weighted by Crippen LogP contribution is -2.28. The van der Waals surface area contributed by atoms with Gasteiger partial charge in [-0.1, -0.05) is 0 Å². The number of hydrogen-bond donors (Lipinski definition) is 2. The van der Waals surface area contributed by atoms with E-state index in [1.807, 2.05) is 17.4 Å². The smallest absolute Gasteiger partial charge is 0.263 e. The summed E-state index contributed by atoms with van der Waals surface area (Å²) >= 11 is 3.30. The molecule has 3 N–H and O–H groups in total. The van der Waals surface area contributed by atoms with Gasteiger partial charge in [-0.25, -0.2) is 0 Å². The quantitative estimate of drug-likeness (QED) is 0.893. The third-order valence-corrected chi connectivity index (χ3v) is 5.53. The Balaban J connectivity index is 1.86. The standard InChI is InChI=1S/C13H15N3OS2/c1-15-13(17)12-9(14)6-11(19-12)16-4-2-10-8(7-16)3-5-18-10/h3,5-6H,2,4,7,14H2,1H3,(H,15,17). The zero-order chi connectivity index (χ0) is 13.4. The largest absolute Gasteiger partial charge is 0.397 e. The van der Waals surface area contributed by atoms with E-state index in [0.29, 0.717) is 10.6 Å². The van der Waals surface area contributed by atoms with Crippen molar-refractivity contribution in [2.24, 2.45) is 0 Å². The van der Waals surface area contributed by atoms with Gasteiger partial charge in [0, 0.05) is 25.0 Å². The predicted octanol–water partition coefficient (Wildman–Crippen LogP) is 2.31. The molecule has 100 valence electrons. The van der Waals surface area contributed by atoms with Gasteiger partial charge in [0.25, 0.3) is 5.91 Å². The summed E-state index contributed by atoms with van der Waals surface area (Å²) < 4.78 is 0. The second-order valence-corrected chi connectivity index (χ2v) is 6.52. The van der Waals surface area contributed by atoms with Crippen LogP contribution in [0.2, 0.25) is 0 Å². The number of nitrogens with two attached hydrogens (primary N) is 1. The number of nitrogens with one attached hydrogen (secondary N) is 1. The molecule has 0 atom stereocenters. The number of nitrogens with zero attached hydrogens (tertiary/aromatic N) is 1. The molecule has 0 aliphatic carbocycles. The normalized spacial score (nSPS) is 14.3. The fourth-order valence-electron chi connectivity index (χ4n) is 2.27. The van der Waals surface area contributed by atoms with Gasteiger partial charge in [0.2, 0.25) is 0 Å². The Morgan fingerprint density at radius 2 is 2.37 bits per heavy atom. The molecule has 0 saturated carbocycles. The van der Waals surface area contributed by atoms with Crippen LogP contribution in [-0.2, 0) is 13.0 Å². The minimum atomic E-state index is -0.109. The van der Waals surface area contributed by atoms with Gasteiger partial charge in [0.1, 0.15) is 4.88 Å². The van der Waals surface area contributed by atoms with Gasteiger partial charge in [-0.3, -0.25) is 4.79 Å². The van der Waals surface area contributed by atoms with Crippen molar-refractivity contribution in [1.82, 2.24) is 5.32 Å². The molecular weight excluding hydrogens is 278 g/mol. The summed E-state index contributed by atoms with van der Waals surface area (Å²) in [6.07, 6.45) is 1.07. The van der Waals surface area contributed by atoms with Crippen LogP contribution in [0.15, 0.2) is 17.5 Å². The molecule has 0 unspecified atom stereocenters. The summed E-state index contributed by atoms with van der Waals surface area (Å²) in [5, 5.41) is 5.85. The number of carbonyl (C=O) groups excluding carboxylic acids is 1. The average molecular weight is 293 g/mol. The Hall–Kier alpha value is -1.53. The Bertz CT molecular complexity index is 617. The lowest BCUT2D eigenvalue weighted by atomic mass is 10.1. The number of amides is 1. The molecule has 1 aliphatic rings. The minimum absolute atomic E-state index is 0.109. The van der Waals surface area contributed by atoms with Crippen LogP contribution >= 0.6 is 22.7 Å². The van der Waals surface area contributed by atoms with Crippen LogP contribution in [0.4, 0.5) is 10.7 Å². The van der Waals surface area contributed by atoms with E-state index >= 15 is 0 Å². The summed E-state index contributed by atoms with van der Waals surface area (Å²) in [7, 11) is 1.62. The Morgan fingerprint density at radius 3 is 3.16 bits per heavy atom. The molecule has 1 amide bonds. The van der Waals surface area contributed by atoms with Crippen LogP contribution in [0.3, 0.4) is 0 Å². The molecule has 6 heteroatoms. The molecule has 0 bridgehead atoms. The lowest BCUT2D eigenvalue weighted by molar-refractivity contribution is 0.0968. The van der Waals surface area contributed by atoms with E-state index in [1.165, 1.54) is 21.8 Å². The van der Waals surface area contributed by atoms with Crippen molar-refractivity contribution in [3.05, 3.63) is 32.8 Å². The van der Waals surface area contributed by atoms with E-state index in [2.05, 4.69) is 21.7 Å². The zero-order valence-electron chi connectivity index (χ0n) is 10.6. The molecule has 0 spiro atoms. The monoisotopic (exact) mass is 293 g/mol. The highest BCUT2D eigenvalue weighted by Crippen LogP contribution is 2.35. The van der Waals surface area contributed by atoms with Crippen LogP contribution in [0.5, 0.6) is 0 Å². The molecule has 1 aliphatic heterocycles. The summed E-state index contributed by atoms with van der Waals surface area (Å²) in [5.74, 6) is -0.109. The molecule has 2 aromatic rings. The molecular formula is C13H15N3OS2. The highest BCUT2D eigenvalue weighted by atomic mass is 32.1. The average Bonchev–Trinajstić information content (AvgIpc) is 3.03. The molecule has 4 nitrogen and oxygen atoms in total. The number of fused-ring (bicyclic) bond motifs is 1. The van der Waals surface area contributed by atoms with Gasteiger partial charge < -0.3 is 16.0 Å². The van der Waals surface area contributed by atoms with Crippen LogP contribution in [-0.4, -0.2) is 19.5 Å². The number of nitrogen functional groups attached to an aromatic ring is 1. The topological polar surface area (TPSA) is 58.4 Å². The predicted molar refractivity (Wildman–Crippen MR) is 81.2 cm³/mol. The summed E-state index contributed by atoms with van der Waals surface area (Å²) in [5.41, 5.74) is 7.88. The first kappa shape index (κ1) is 12.5. The molecule has 2 aromatic heterocycles. The van der Waals surface area contributed by atoms with Crippen molar-refractivity contribution >= 4 is 39.3 Å². The molecule has 3 heterocycles. The minimum Gasteiger partial charge on any atom is -0.397 e. The summed E-state index contributed by atoms with van der Waals surface area (Å²) in [6.45, 7) is 1.90. The highest BCUT2D eigenvalue weighted by Gasteiger charge is 2.21. The lowest BCUT2D eigenvalue weighted by Gasteiger charge is -2.27. The second kappa shape index (κ2) is 4.86. The maximum absolute atomic E-state index is 11.7. The first-order valence-corrected chi connectivity index (χ1v) is 7.80. The first-order valence-electron chi connectivity index (χ1n) is 6.10. The van der Waals surface area contributed by atoms with Gasteiger partial charge in [-0.2, -0.15) is 0 Å². The van der Waals surface area contributed by atoms with Crippen molar-refractivity contribution in [2.45, 2.75) is 13.0 Å². The van der Waals surface area contributed by atoms with E-state index in [-0.39, 0.29) is 5.91 Å². The van der Waals surface area contributed by atoms with E-state index in [4.69, 9.17) is 5.73 Å². The number of anilines is 2. The fraction of sp³-hybridized carbons (Fsp3) is 0.308. The van der Waals surface area contributed by atoms with Crippen molar-refractivity contribution in [3.8, 4) is 0 Å². The van der Waals surface area contributed by atoms with Crippen molar-refractivity contribution < 1.29 is 4.79 Å². The van der Waals surface area contributed by atoms with Crippen LogP contribution in [0, 0.1) is 0 Å². The van der Waals surface area contributed by atoms with Gasteiger partial charge in [-0.15, -0.1) is 22.7 Å². The van der Waals surface area contributed by atoms with E-state index in [0.717, 1.165) is 24.5 Å². The number of thiophene rings is 2. The summed E-state index contributed by atoms with van der Waals surface area (Å²) in [4.78, 5) is 16.1. The Morgan fingerprint density at radius 1 is 1.53 bits per heavy atom. The van der Waals surface area contributed by atoms with Crippen molar-refractivity contribution in [1.29, 1.82) is 0 Å². The number of rotatable bonds is 2. The Labute approximate surface area is 119 Å². The molecule has 0 aromatic carbocycles. The van der Waals surface area contributed by atoms with Crippen molar-refractivity contribution in [3.63, 3.8) is 0 Å². The van der Waals surface area contributed by atoms with Crippen LogP contribution in [0.1, 0.15) is 20.1 Å². The van der Waals surface area contributed by atoms with Gasteiger partial charge in [-0.05, 0) is 29.5 Å². The van der Waals surface area contributed by atoms with Crippen molar-refractivity contribution in [2.75, 3.05) is 24.2 Å². The van der Waals surface area contributed by atoms with Gasteiger partial charge in [0.05, 0.1) is 10.7 Å². The SMILES string of the molecule is CNC(=O)c1sc(N2CCc3sccc3C2)cc1N. The maximum atomic E-state index is 11.7. The molecule has 0 radical (unpaired) electrons. The van der Waals surface area contributed by atoms with E-state index in [1.54, 1.807) is 7.05 Å². The molecule has 3 rings (SSSR count). The maximum Gasteiger partial charge on any atom is 0.263 e. The molecule has 19 heavy (non-hydrogen) atoms. The highest BCUT2D eigenvalue weighted by molar-refractivity contribution is 7.18. The first-order chi connectivity index (χ1) is 9.19. The second-order valence-electron chi connectivity index (χ2n) is 4.49. The van der Waals surface area contributed by atoms with Crippen LogP contribution < -0.4 is 16.0 Å². The third kappa shape index (κ3) is 2.21. The van der Waals surface area contributed by atoms with Crippen LogP contribution in [0.25, 0.3) is 0 Å². The molecule has 0 saturated heterocycles. The fourth-order valence-corrected chi connectivity index (χ4v) is 4.22. The van der Waals surface area contributed by atoms with E-state index < -0.39 is 0 Å². The molecule has 0 fully saturated rings. The number of hydrogen-bond acceptors (Lipinski definition) is 5. The summed E-state index contributed by atoms with van der Waals surface area (Å²) in [6, 6.07) is 4.09. The van der Waals surface area contributed by atoms with Gasteiger partial charge >= 0.3 is 0 Å². The zero-order valence-corrected chi connectivity index (χ0v) is 12.2. The third-order valence-electron chi connectivity index (χ3n) is 3.30. The van der Waals surface area contributed by atoms with Gasteiger partial charge in [0.15, 0.2) is 0 Å². The Kier molecular flexibility index (Phi) is 3.20.